The maximum absolute atomic E-state index is 12.7. The second-order valence-corrected chi connectivity index (χ2v) is 7.96. The zero-order valence-corrected chi connectivity index (χ0v) is 11.9. The second-order valence-electron chi connectivity index (χ2n) is 4.93. The quantitative estimate of drug-likeness (QED) is 0.856. The van der Waals surface area contributed by atoms with Crippen LogP contribution in [0.5, 0.6) is 0 Å². The Bertz CT molecular complexity index is 676. The summed E-state index contributed by atoms with van der Waals surface area (Å²) in [4.78, 5) is -0.630. The van der Waals surface area contributed by atoms with Crippen LogP contribution < -0.4 is 4.72 Å². The van der Waals surface area contributed by atoms with Gasteiger partial charge in [-0.3, -0.25) is 0 Å². The van der Waals surface area contributed by atoms with Crippen LogP contribution in [0.2, 0.25) is 0 Å². The van der Waals surface area contributed by atoms with Crippen LogP contribution in [-0.4, -0.2) is 22.4 Å². The molecule has 0 aromatic heterocycles. The van der Waals surface area contributed by atoms with E-state index in [0.29, 0.717) is 0 Å². The fraction of sp³-hybridized carbons (Fsp3) is 0.455. The summed E-state index contributed by atoms with van der Waals surface area (Å²) >= 11 is 0. The van der Waals surface area contributed by atoms with E-state index in [1.54, 1.807) is 0 Å². The predicted octanol–water partition coefficient (Wildman–Crippen LogP) is 1.57. The minimum absolute atomic E-state index is 0.0759. The van der Waals surface area contributed by atoms with Crippen LogP contribution in [0.15, 0.2) is 34.1 Å². The highest BCUT2D eigenvalue weighted by Gasteiger charge is 2.36. The van der Waals surface area contributed by atoms with Crippen LogP contribution in [0.4, 0.5) is 3.89 Å². The molecule has 0 spiro atoms. The van der Waals surface area contributed by atoms with Gasteiger partial charge in [-0.15, -0.1) is 3.89 Å². The lowest BCUT2D eigenvalue weighted by Crippen LogP contribution is -2.50. The normalized spacial score (nSPS) is 18.8. The maximum Gasteiger partial charge on any atom is 0.332 e. The Morgan fingerprint density at radius 3 is 1.89 bits per heavy atom. The molecule has 5 nitrogen and oxygen atoms in total. The van der Waals surface area contributed by atoms with Crippen LogP contribution in [0.25, 0.3) is 0 Å². The summed E-state index contributed by atoms with van der Waals surface area (Å²) in [5.41, 5.74) is -0.441. The third kappa shape index (κ3) is 3.13. The molecule has 1 N–H and O–H groups in total. The van der Waals surface area contributed by atoms with Crippen molar-refractivity contribution in [2.75, 3.05) is 0 Å². The largest absolute Gasteiger partial charge is 0.332 e. The molecule has 19 heavy (non-hydrogen) atoms. The fourth-order valence-corrected chi connectivity index (χ4v) is 3.90. The SMILES string of the molecule is CC1(NS(=O)(=O)c2ccc(S(=O)(=O)F)cc2)CCC1. The van der Waals surface area contributed by atoms with Crippen LogP contribution in [0.3, 0.4) is 0 Å². The molecule has 0 amide bonds. The smallest absolute Gasteiger partial charge is 0.207 e. The molecule has 0 bridgehead atoms. The third-order valence-corrected chi connectivity index (χ3v) is 5.74. The Balaban J connectivity index is 2.26. The molecule has 0 atom stereocenters. The molecule has 1 saturated carbocycles. The van der Waals surface area contributed by atoms with Crippen LogP contribution in [-0.2, 0) is 20.2 Å². The van der Waals surface area contributed by atoms with Crippen molar-refractivity contribution in [3.8, 4) is 0 Å². The van der Waals surface area contributed by atoms with Gasteiger partial charge in [-0.1, -0.05) is 0 Å². The Morgan fingerprint density at radius 1 is 1.05 bits per heavy atom. The Labute approximate surface area is 112 Å². The first-order chi connectivity index (χ1) is 8.62. The second kappa shape index (κ2) is 4.53. The molecule has 1 aromatic carbocycles. The van der Waals surface area contributed by atoms with Gasteiger partial charge in [0.2, 0.25) is 10.0 Å². The molecule has 0 saturated heterocycles. The molecule has 2 rings (SSSR count). The summed E-state index contributed by atoms with van der Waals surface area (Å²) in [6.07, 6.45) is 2.50. The first kappa shape index (κ1) is 14.4. The third-order valence-electron chi connectivity index (χ3n) is 3.25. The van der Waals surface area contributed by atoms with Crippen molar-refractivity contribution in [2.24, 2.45) is 0 Å². The number of rotatable bonds is 4. The highest BCUT2D eigenvalue weighted by atomic mass is 32.3. The minimum atomic E-state index is -4.81. The lowest BCUT2D eigenvalue weighted by Gasteiger charge is -2.38. The molecule has 0 radical (unpaired) electrons. The van der Waals surface area contributed by atoms with Gasteiger partial charge in [-0.05, 0) is 50.5 Å². The average molecular weight is 307 g/mol. The van der Waals surface area contributed by atoms with E-state index in [1.807, 2.05) is 6.92 Å². The summed E-state index contributed by atoms with van der Waals surface area (Å²) in [7, 11) is -8.52. The summed E-state index contributed by atoms with van der Waals surface area (Å²) in [6, 6.07) is 4.04. The van der Waals surface area contributed by atoms with Gasteiger partial charge in [-0.2, -0.15) is 8.42 Å². The molecular weight excluding hydrogens is 293 g/mol. The summed E-state index contributed by atoms with van der Waals surface area (Å²) in [5, 5.41) is 0. The van der Waals surface area contributed by atoms with E-state index < -0.39 is 30.7 Å². The van der Waals surface area contributed by atoms with E-state index in [1.165, 1.54) is 0 Å². The van der Waals surface area contributed by atoms with Crippen molar-refractivity contribution in [1.82, 2.24) is 4.72 Å². The molecule has 0 aliphatic heterocycles. The lowest BCUT2D eigenvalue weighted by atomic mass is 9.80. The number of hydrogen-bond donors (Lipinski definition) is 1. The predicted molar refractivity (Wildman–Crippen MR) is 67.3 cm³/mol. The van der Waals surface area contributed by atoms with Crippen molar-refractivity contribution in [1.29, 1.82) is 0 Å². The van der Waals surface area contributed by atoms with Crippen molar-refractivity contribution in [3.63, 3.8) is 0 Å². The van der Waals surface area contributed by atoms with E-state index in [9.17, 15) is 20.7 Å². The number of halogens is 1. The van der Waals surface area contributed by atoms with Gasteiger partial charge in [0.1, 0.15) is 0 Å². The van der Waals surface area contributed by atoms with E-state index >= 15 is 0 Å². The molecule has 1 aliphatic rings. The molecule has 106 valence electrons. The number of sulfonamides is 1. The minimum Gasteiger partial charge on any atom is -0.207 e. The van der Waals surface area contributed by atoms with Gasteiger partial charge < -0.3 is 0 Å². The van der Waals surface area contributed by atoms with Gasteiger partial charge in [-0.25, -0.2) is 13.1 Å². The van der Waals surface area contributed by atoms with Crippen molar-refractivity contribution >= 4 is 20.2 Å². The van der Waals surface area contributed by atoms with Crippen molar-refractivity contribution < 1.29 is 20.7 Å². The molecule has 1 aliphatic carbocycles. The fourth-order valence-electron chi connectivity index (χ4n) is 1.97. The van der Waals surface area contributed by atoms with E-state index in [2.05, 4.69) is 4.72 Å². The van der Waals surface area contributed by atoms with Gasteiger partial charge >= 0.3 is 10.2 Å². The Morgan fingerprint density at radius 2 is 1.53 bits per heavy atom. The Kier molecular flexibility index (Phi) is 3.44. The first-order valence-corrected chi connectivity index (χ1v) is 8.58. The van der Waals surface area contributed by atoms with Gasteiger partial charge in [0, 0.05) is 5.54 Å². The lowest BCUT2D eigenvalue weighted by molar-refractivity contribution is 0.248. The van der Waals surface area contributed by atoms with E-state index in [0.717, 1.165) is 43.5 Å². The summed E-state index contributed by atoms with van der Waals surface area (Å²) in [5.74, 6) is 0. The zero-order chi connectivity index (χ0) is 14.3. The molecule has 1 aromatic rings. The molecule has 1 fully saturated rings. The first-order valence-electron chi connectivity index (χ1n) is 5.71. The number of benzene rings is 1. The molecule has 8 heteroatoms. The monoisotopic (exact) mass is 307 g/mol. The highest BCUT2D eigenvalue weighted by molar-refractivity contribution is 7.89. The standard InChI is InChI=1S/C11H14FNO4S2/c1-11(7-2-8-11)13-19(16,17)10-5-3-9(4-6-10)18(12,14)15/h3-6,13H,2,7-8H2,1H3. The number of hydrogen-bond acceptors (Lipinski definition) is 4. The van der Waals surface area contributed by atoms with E-state index in [-0.39, 0.29) is 4.90 Å². The van der Waals surface area contributed by atoms with Gasteiger partial charge in [0.05, 0.1) is 9.79 Å². The Hall–Kier alpha value is -0.990. The highest BCUT2D eigenvalue weighted by Crippen LogP contribution is 2.32. The zero-order valence-electron chi connectivity index (χ0n) is 10.3. The van der Waals surface area contributed by atoms with Crippen LogP contribution >= 0.6 is 0 Å². The average Bonchev–Trinajstić information content (AvgIpc) is 2.25. The van der Waals surface area contributed by atoms with Crippen LogP contribution in [0.1, 0.15) is 26.2 Å². The summed E-state index contributed by atoms with van der Waals surface area (Å²) in [6.45, 7) is 1.81. The summed E-state index contributed by atoms with van der Waals surface area (Å²) < 4.78 is 60.7. The van der Waals surface area contributed by atoms with E-state index in [4.69, 9.17) is 0 Å². The molecule has 0 unspecified atom stereocenters. The maximum atomic E-state index is 12.7. The van der Waals surface area contributed by atoms with Crippen molar-refractivity contribution in [2.45, 2.75) is 41.5 Å². The molecular formula is C11H14FNO4S2. The topological polar surface area (TPSA) is 80.3 Å². The van der Waals surface area contributed by atoms with Gasteiger partial charge in [0.15, 0.2) is 0 Å². The number of nitrogens with one attached hydrogen (secondary N) is 1. The van der Waals surface area contributed by atoms with Crippen molar-refractivity contribution in [3.05, 3.63) is 24.3 Å². The molecule has 0 heterocycles. The van der Waals surface area contributed by atoms with Gasteiger partial charge in [0.25, 0.3) is 0 Å². The van der Waals surface area contributed by atoms with Crippen LogP contribution in [0, 0.1) is 0 Å².